The van der Waals surface area contributed by atoms with Crippen LogP contribution in [0.5, 0.6) is 0 Å². The molecule has 0 aromatic heterocycles. The average molecular weight is 419 g/mol. The molecule has 3 aromatic carbocycles. The maximum atomic E-state index is 13.1. The molecule has 0 bridgehead atoms. The van der Waals surface area contributed by atoms with Gasteiger partial charge in [-0.25, -0.2) is 4.39 Å². The molecule has 31 heavy (non-hydrogen) atoms. The number of halogens is 1. The molecule has 0 saturated carbocycles. The number of carbonyl (C=O) groups excluding carboxylic acids is 2. The molecular formula is C26H27FN2O2. The van der Waals surface area contributed by atoms with Gasteiger partial charge in [0.25, 0.3) is 0 Å². The fourth-order valence-corrected chi connectivity index (χ4v) is 4.41. The van der Waals surface area contributed by atoms with E-state index in [1.807, 2.05) is 12.1 Å². The van der Waals surface area contributed by atoms with Gasteiger partial charge in [-0.15, -0.1) is 0 Å². The number of fused-ring (bicyclic) bond motifs is 1. The Morgan fingerprint density at radius 3 is 2.45 bits per heavy atom. The lowest BCUT2D eigenvalue weighted by atomic mass is 9.84. The van der Waals surface area contributed by atoms with Crippen LogP contribution >= 0.6 is 0 Å². The highest BCUT2D eigenvalue weighted by atomic mass is 19.1. The van der Waals surface area contributed by atoms with Crippen LogP contribution in [0.4, 0.5) is 4.39 Å². The van der Waals surface area contributed by atoms with Crippen molar-refractivity contribution >= 4 is 22.6 Å². The normalized spacial score (nSPS) is 18.2. The highest BCUT2D eigenvalue weighted by Crippen LogP contribution is 2.31. The number of rotatable bonds is 7. The summed E-state index contributed by atoms with van der Waals surface area (Å²) in [5, 5.41) is 5.53. The van der Waals surface area contributed by atoms with E-state index in [2.05, 4.69) is 35.6 Å². The van der Waals surface area contributed by atoms with Gasteiger partial charge in [0.1, 0.15) is 5.82 Å². The number of carbonyl (C=O) groups is 2. The molecule has 4 rings (SSSR count). The van der Waals surface area contributed by atoms with E-state index in [1.165, 1.54) is 22.9 Å². The summed E-state index contributed by atoms with van der Waals surface area (Å²) in [6.07, 6.45) is 2.88. The van der Waals surface area contributed by atoms with Gasteiger partial charge in [0, 0.05) is 32.0 Å². The van der Waals surface area contributed by atoms with Gasteiger partial charge in [0.15, 0.2) is 0 Å². The second-order valence-electron chi connectivity index (χ2n) is 8.56. The summed E-state index contributed by atoms with van der Waals surface area (Å²) in [5.74, 6) is -0.221. The third-order valence-corrected chi connectivity index (χ3v) is 6.17. The number of hydrogen-bond donors (Lipinski definition) is 1. The lowest BCUT2D eigenvalue weighted by molar-refractivity contribution is -0.131. The number of hydrogen-bond acceptors (Lipinski definition) is 2. The van der Waals surface area contributed by atoms with Crippen LogP contribution in [0.15, 0.2) is 66.7 Å². The minimum absolute atomic E-state index is 0.0170. The molecule has 160 valence electrons. The molecule has 5 heteroatoms. The van der Waals surface area contributed by atoms with E-state index in [4.69, 9.17) is 0 Å². The summed E-state index contributed by atoms with van der Waals surface area (Å²) in [4.78, 5) is 26.5. The number of nitrogens with one attached hydrogen (secondary N) is 1. The first-order valence-corrected chi connectivity index (χ1v) is 10.7. The number of amides is 2. The predicted molar refractivity (Wildman–Crippen MR) is 120 cm³/mol. The summed E-state index contributed by atoms with van der Waals surface area (Å²) < 4.78 is 13.1. The van der Waals surface area contributed by atoms with Gasteiger partial charge in [-0.2, -0.15) is 0 Å². The van der Waals surface area contributed by atoms with Crippen molar-refractivity contribution in [2.45, 2.75) is 44.2 Å². The van der Waals surface area contributed by atoms with Gasteiger partial charge in [-0.1, -0.05) is 54.6 Å². The monoisotopic (exact) mass is 418 g/mol. The van der Waals surface area contributed by atoms with Crippen molar-refractivity contribution in [2.75, 3.05) is 7.05 Å². The number of nitrogens with zero attached hydrogens (tertiary/aromatic N) is 1. The Hall–Kier alpha value is -3.21. The van der Waals surface area contributed by atoms with Crippen LogP contribution in [0.2, 0.25) is 0 Å². The van der Waals surface area contributed by atoms with Gasteiger partial charge in [-0.3, -0.25) is 9.59 Å². The molecule has 1 fully saturated rings. The lowest BCUT2D eigenvalue weighted by Crippen LogP contribution is -2.44. The number of benzene rings is 3. The van der Waals surface area contributed by atoms with E-state index in [1.54, 1.807) is 24.1 Å². The largest absolute Gasteiger partial charge is 0.350 e. The Labute approximate surface area is 182 Å². The van der Waals surface area contributed by atoms with Gasteiger partial charge < -0.3 is 10.2 Å². The lowest BCUT2D eigenvalue weighted by Gasteiger charge is -2.30. The van der Waals surface area contributed by atoms with Crippen LogP contribution < -0.4 is 5.32 Å². The van der Waals surface area contributed by atoms with Crippen molar-refractivity contribution in [3.05, 3.63) is 83.7 Å². The predicted octanol–water partition coefficient (Wildman–Crippen LogP) is 4.61. The summed E-state index contributed by atoms with van der Waals surface area (Å²) in [6.45, 7) is 0.434. The highest BCUT2D eigenvalue weighted by Gasteiger charge is 2.38. The Bertz CT molecular complexity index is 1100. The fourth-order valence-electron chi connectivity index (χ4n) is 4.41. The van der Waals surface area contributed by atoms with Gasteiger partial charge in [0.2, 0.25) is 11.8 Å². The van der Waals surface area contributed by atoms with Gasteiger partial charge in [-0.05, 0) is 53.3 Å². The van der Waals surface area contributed by atoms with Crippen molar-refractivity contribution in [3.63, 3.8) is 0 Å². The van der Waals surface area contributed by atoms with Crippen LogP contribution in [0.25, 0.3) is 10.8 Å². The molecule has 0 unspecified atom stereocenters. The quantitative estimate of drug-likeness (QED) is 0.609. The molecule has 0 radical (unpaired) electrons. The molecule has 2 amide bonds. The zero-order valence-electron chi connectivity index (χ0n) is 17.7. The topological polar surface area (TPSA) is 49.4 Å². The van der Waals surface area contributed by atoms with Crippen LogP contribution in [0, 0.1) is 5.82 Å². The second-order valence-corrected chi connectivity index (χ2v) is 8.56. The van der Waals surface area contributed by atoms with Crippen LogP contribution in [0.1, 0.15) is 36.8 Å². The molecule has 3 aromatic rings. The average Bonchev–Trinajstić information content (AvgIpc) is 3.14. The van der Waals surface area contributed by atoms with Gasteiger partial charge in [0.05, 0.1) is 0 Å². The van der Waals surface area contributed by atoms with E-state index in [0.29, 0.717) is 32.2 Å². The van der Waals surface area contributed by atoms with Crippen molar-refractivity contribution < 1.29 is 14.0 Å². The smallest absolute Gasteiger partial charge is 0.222 e. The zero-order valence-corrected chi connectivity index (χ0v) is 17.7. The van der Waals surface area contributed by atoms with E-state index in [-0.39, 0.29) is 17.6 Å². The molecule has 1 atom stereocenters. The third kappa shape index (κ3) is 5.10. The summed E-state index contributed by atoms with van der Waals surface area (Å²) in [7, 11) is 1.76. The Morgan fingerprint density at radius 2 is 1.74 bits per heavy atom. The van der Waals surface area contributed by atoms with Crippen molar-refractivity contribution in [1.82, 2.24) is 10.2 Å². The van der Waals surface area contributed by atoms with Gasteiger partial charge >= 0.3 is 0 Å². The van der Waals surface area contributed by atoms with Crippen LogP contribution in [-0.4, -0.2) is 29.3 Å². The van der Waals surface area contributed by atoms with Crippen molar-refractivity contribution in [1.29, 1.82) is 0 Å². The van der Waals surface area contributed by atoms with Crippen LogP contribution in [-0.2, 0) is 22.6 Å². The molecule has 1 N–H and O–H groups in total. The summed E-state index contributed by atoms with van der Waals surface area (Å²) in [6, 6.07) is 20.8. The molecule has 1 aliphatic rings. The molecule has 4 nitrogen and oxygen atoms in total. The van der Waals surface area contributed by atoms with E-state index < -0.39 is 5.54 Å². The Balaban J connectivity index is 1.43. The molecular weight excluding hydrogens is 391 g/mol. The Morgan fingerprint density at radius 1 is 1.03 bits per heavy atom. The van der Waals surface area contributed by atoms with E-state index in [0.717, 1.165) is 17.5 Å². The third-order valence-electron chi connectivity index (χ3n) is 6.17. The summed E-state index contributed by atoms with van der Waals surface area (Å²) in [5.41, 5.74) is 1.65. The minimum atomic E-state index is -0.397. The maximum Gasteiger partial charge on any atom is 0.222 e. The van der Waals surface area contributed by atoms with Crippen molar-refractivity contribution in [2.24, 2.45) is 0 Å². The molecule has 0 spiro atoms. The van der Waals surface area contributed by atoms with Crippen molar-refractivity contribution in [3.8, 4) is 0 Å². The second kappa shape index (κ2) is 8.88. The van der Waals surface area contributed by atoms with Crippen LogP contribution in [0.3, 0.4) is 0 Å². The maximum absolute atomic E-state index is 13.1. The van der Waals surface area contributed by atoms with E-state index >= 15 is 0 Å². The first-order valence-electron chi connectivity index (χ1n) is 10.7. The molecule has 1 heterocycles. The Kier molecular flexibility index (Phi) is 6.03. The molecule has 1 saturated heterocycles. The highest BCUT2D eigenvalue weighted by molar-refractivity contribution is 5.83. The summed E-state index contributed by atoms with van der Waals surface area (Å²) >= 11 is 0. The zero-order chi connectivity index (χ0) is 21.8. The molecule has 0 aliphatic carbocycles. The van der Waals surface area contributed by atoms with E-state index in [9.17, 15) is 14.0 Å². The SMILES string of the molecule is CN(Cc1ccc(F)cc1)C(=O)CC[C@]1(Cc2ccc3ccccc3c2)CCC(=O)N1. The standard InChI is InChI=1S/C26H27FN2O2/c1-29(18-19-7-10-23(27)11-8-19)25(31)13-15-26(14-12-24(30)28-26)17-20-6-9-21-4-2-3-5-22(21)16-20/h2-11,16H,12-15,17-18H2,1H3,(H,28,30)/t26-/m0/s1. The fraction of sp³-hybridized carbons (Fsp3) is 0.308. The minimum Gasteiger partial charge on any atom is -0.350 e. The first-order chi connectivity index (χ1) is 14.9. The first kappa shape index (κ1) is 21.0. The molecule has 1 aliphatic heterocycles.